The summed E-state index contributed by atoms with van der Waals surface area (Å²) in [4.78, 5) is 23.3. The molecule has 6 heteroatoms. The molecule has 0 saturated heterocycles. The van der Waals surface area contributed by atoms with Crippen molar-refractivity contribution in [1.82, 2.24) is 0 Å². The molecular formula is C21H17ClN2O3. The fourth-order valence-electron chi connectivity index (χ4n) is 2.33. The van der Waals surface area contributed by atoms with Crippen LogP contribution < -0.4 is 15.4 Å². The Morgan fingerprint density at radius 1 is 0.741 bits per heavy atom. The van der Waals surface area contributed by atoms with Gasteiger partial charge in [0, 0.05) is 22.0 Å². The second-order valence-corrected chi connectivity index (χ2v) is 6.23. The van der Waals surface area contributed by atoms with E-state index in [9.17, 15) is 9.59 Å². The largest absolute Gasteiger partial charge is 0.457 e. The van der Waals surface area contributed by atoms with Crippen LogP contribution in [0.15, 0.2) is 72.8 Å². The summed E-state index contributed by atoms with van der Waals surface area (Å²) in [6.07, 6.45) is 0. The van der Waals surface area contributed by atoms with Crippen molar-refractivity contribution in [2.75, 3.05) is 10.6 Å². The number of rotatable bonds is 5. The highest BCUT2D eigenvalue weighted by molar-refractivity contribution is 6.30. The van der Waals surface area contributed by atoms with Gasteiger partial charge in [0.05, 0.1) is 0 Å². The molecule has 2 amide bonds. The van der Waals surface area contributed by atoms with E-state index in [2.05, 4.69) is 10.6 Å². The summed E-state index contributed by atoms with van der Waals surface area (Å²) in [6.45, 7) is 1.52. The Kier molecular flexibility index (Phi) is 5.74. The monoisotopic (exact) mass is 380 g/mol. The summed E-state index contributed by atoms with van der Waals surface area (Å²) < 4.78 is 5.73. The van der Waals surface area contributed by atoms with Crippen LogP contribution in [0.3, 0.4) is 0 Å². The van der Waals surface area contributed by atoms with E-state index in [-0.39, 0.29) is 11.8 Å². The van der Waals surface area contributed by atoms with E-state index in [1.807, 2.05) is 0 Å². The Labute approximate surface area is 161 Å². The zero-order valence-electron chi connectivity index (χ0n) is 14.5. The molecule has 3 aromatic rings. The van der Waals surface area contributed by atoms with Gasteiger partial charge in [-0.25, -0.2) is 4.79 Å². The van der Waals surface area contributed by atoms with Crippen LogP contribution in [0.2, 0.25) is 5.02 Å². The van der Waals surface area contributed by atoms with Gasteiger partial charge in [0.2, 0.25) is 0 Å². The van der Waals surface area contributed by atoms with Crippen LogP contribution in [-0.4, -0.2) is 11.8 Å². The Hall–Kier alpha value is -3.31. The van der Waals surface area contributed by atoms with E-state index >= 15 is 0 Å². The third kappa shape index (κ3) is 5.33. The molecule has 0 atom stereocenters. The first-order chi connectivity index (χ1) is 13.0. The van der Waals surface area contributed by atoms with Gasteiger partial charge < -0.3 is 15.4 Å². The molecule has 0 heterocycles. The molecular weight excluding hydrogens is 364 g/mol. The highest BCUT2D eigenvalue weighted by Gasteiger charge is 2.04. The summed E-state index contributed by atoms with van der Waals surface area (Å²) in [6, 6.07) is 20.4. The van der Waals surface area contributed by atoms with Gasteiger partial charge in [0.25, 0.3) is 0 Å². The maximum absolute atomic E-state index is 12.0. The summed E-state index contributed by atoms with van der Waals surface area (Å²) >= 11 is 5.82. The minimum atomic E-state index is -0.356. The van der Waals surface area contributed by atoms with Gasteiger partial charge in [-0.3, -0.25) is 4.79 Å². The number of nitrogens with one attached hydrogen (secondary N) is 2. The fraction of sp³-hybridized carbons (Fsp3) is 0.0476. The molecule has 136 valence electrons. The molecule has 0 radical (unpaired) electrons. The van der Waals surface area contributed by atoms with Gasteiger partial charge in [-0.05, 0) is 79.7 Å². The number of anilines is 2. The first-order valence-corrected chi connectivity index (χ1v) is 8.60. The Bertz CT molecular complexity index is 937. The van der Waals surface area contributed by atoms with Gasteiger partial charge in [-0.2, -0.15) is 0 Å². The Morgan fingerprint density at radius 3 is 1.67 bits per heavy atom. The number of urea groups is 1. The molecule has 2 N–H and O–H groups in total. The van der Waals surface area contributed by atoms with Crippen molar-refractivity contribution in [3.63, 3.8) is 0 Å². The van der Waals surface area contributed by atoms with Crippen LogP contribution in [0.5, 0.6) is 11.5 Å². The molecule has 0 aliphatic heterocycles. The van der Waals surface area contributed by atoms with Crippen molar-refractivity contribution < 1.29 is 14.3 Å². The average Bonchev–Trinajstić information content (AvgIpc) is 2.66. The van der Waals surface area contributed by atoms with Crippen molar-refractivity contribution in [3.05, 3.63) is 83.4 Å². The molecule has 0 bridgehead atoms. The predicted molar refractivity (Wildman–Crippen MR) is 107 cm³/mol. The predicted octanol–water partition coefficient (Wildman–Crippen LogP) is 5.98. The second kappa shape index (κ2) is 8.38. The molecule has 0 saturated carbocycles. The van der Waals surface area contributed by atoms with Crippen molar-refractivity contribution >= 4 is 34.8 Å². The number of benzene rings is 3. The van der Waals surface area contributed by atoms with E-state index in [4.69, 9.17) is 16.3 Å². The van der Waals surface area contributed by atoms with Gasteiger partial charge in [-0.15, -0.1) is 0 Å². The lowest BCUT2D eigenvalue weighted by Gasteiger charge is -2.09. The number of carbonyl (C=O) groups is 2. The molecule has 3 rings (SSSR count). The maximum Gasteiger partial charge on any atom is 0.323 e. The van der Waals surface area contributed by atoms with E-state index in [1.165, 1.54) is 6.92 Å². The van der Waals surface area contributed by atoms with Gasteiger partial charge in [0.1, 0.15) is 11.5 Å². The molecule has 0 aliphatic carbocycles. The summed E-state index contributed by atoms with van der Waals surface area (Å²) in [5.74, 6) is 1.25. The SMILES string of the molecule is CC(=O)c1ccc(Oc2ccc(NC(=O)Nc3ccc(Cl)cc3)cc2)cc1. The van der Waals surface area contributed by atoms with Crippen molar-refractivity contribution in [2.24, 2.45) is 0 Å². The van der Waals surface area contributed by atoms with Crippen LogP contribution in [0.4, 0.5) is 16.2 Å². The molecule has 5 nitrogen and oxygen atoms in total. The second-order valence-electron chi connectivity index (χ2n) is 5.79. The standard InChI is InChI=1S/C21H17ClN2O3/c1-14(25)15-2-10-19(11-3-15)27-20-12-8-18(9-13-20)24-21(26)23-17-6-4-16(22)5-7-17/h2-13H,1H3,(H2,23,24,26). The van der Waals surface area contributed by atoms with Crippen molar-refractivity contribution in [3.8, 4) is 11.5 Å². The van der Waals surface area contributed by atoms with Gasteiger partial charge in [-0.1, -0.05) is 11.6 Å². The molecule has 0 aromatic heterocycles. The van der Waals surface area contributed by atoms with Crippen LogP contribution in [-0.2, 0) is 0 Å². The summed E-state index contributed by atoms with van der Waals surface area (Å²) in [5, 5.41) is 6.06. The normalized spacial score (nSPS) is 10.1. The van der Waals surface area contributed by atoms with Crippen LogP contribution in [0.25, 0.3) is 0 Å². The van der Waals surface area contributed by atoms with E-state index in [0.29, 0.717) is 33.5 Å². The van der Waals surface area contributed by atoms with E-state index < -0.39 is 0 Å². The van der Waals surface area contributed by atoms with E-state index in [1.54, 1.807) is 72.8 Å². The van der Waals surface area contributed by atoms with Gasteiger partial charge in [0.15, 0.2) is 5.78 Å². The number of amides is 2. The summed E-state index contributed by atoms with van der Waals surface area (Å²) in [7, 11) is 0. The molecule has 0 spiro atoms. The van der Waals surface area contributed by atoms with Crippen LogP contribution in [0, 0.1) is 0 Å². The van der Waals surface area contributed by atoms with Gasteiger partial charge >= 0.3 is 6.03 Å². The lowest BCUT2D eigenvalue weighted by Crippen LogP contribution is -2.19. The molecule has 3 aromatic carbocycles. The Morgan fingerprint density at radius 2 is 1.19 bits per heavy atom. The minimum absolute atomic E-state index is 0.00820. The number of halogens is 1. The van der Waals surface area contributed by atoms with Crippen LogP contribution >= 0.6 is 11.6 Å². The number of carbonyl (C=O) groups excluding carboxylic acids is 2. The van der Waals surface area contributed by atoms with Crippen molar-refractivity contribution in [2.45, 2.75) is 6.92 Å². The Balaban J connectivity index is 1.57. The average molecular weight is 381 g/mol. The number of ketones is 1. The summed E-state index contributed by atoms with van der Waals surface area (Å²) in [5.41, 5.74) is 1.90. The number of hydrogen-bond acceptors (Lipinski definition) is 3. The topological polar surface area (TPSA) is 67.4 Å². The molecule has 0 aliphatic rings. The molecule has 27 heavy (non-hydrogen) atoms. The smallest absolute Gasteiger partial charge is 0.323 e. The molecule has 0 unspecified atom stereocenters. The lowest BCUT2D eigenvalue weighted by molar-refractivity contribution is 0.101. The zero-order chi connectivity index (χ0) is 19.2. The quantitative estimate of drug-likeness (QED) is 0.535. The first-order valence-electron chi connectivity index (χ1n) is 8.22. The highest BCUT2D eigenvalue weighted by atomic mass is 35.5. The number of hydrogen-bond donors (Lipinski definition) is 2. The maximum atomic E-state index is 12.0. The number of Topliss-reactive ketones (excluding diaryl/α,β-unsaturated/α-hetero) is 1. The lowest BCUT2D eigenvalue weighted by atomic mass is 10.1. The third-order valence-electron chi connectivity index (χ3n) is 3.71. The highest BCUT2D eigenvalue weighted by Crippen LogP contribution is 2.23. The minimum Gasteiger partial charge on any atom is -0.457 e. The molecule has 0 fully saturated rings. The third-order valence-corrected chi connectivity index (χ3v) is 3.96. The first kappa shape index (κ1) is 18.5. The van der Waals surface area contributed by atoms with Crippen LogP contribution in [0.1, 0.15) is 17.3 Å². The van der Waals surface area contributed by atoms with E-state index in [0.717, 1.165) is 0 Å². The van der Waals surface area contributed by atoms with Crippen molar-refractivity contribution in [1.29, 1.82) is 0 Å². The number of ether oxygens (including phenoxy) is 1. The fourth-order valence-corrected chi connectivity index (χ4v) is 2.45. The zero-order valence-corrected chi connectivity index (χ0v) is 15.3.